The number of rotatable bonds is 1. The van der Waals surface area contributed by atoms with Crippen molar-refractivity contribution in [2.45, 2.75) is 18.6 Å². The molecule has 3 nitrogen and oxygen atoms in total. The second-order valence-corrected chi connectivity index (χ2v) is 2.10. The fourth-order valence-corrected chi connectivity index (χ4v) is 0.940. The van der Waals surface area contributed by atoms with Gasteiger partial charge in [0.15, 0.2) is 0 Å². The highest BCUT2D eigenvalue weighted by Gasteiger charge is 2.22. The molecule has 0 amide bonds. The summed E-state index contributed by atoms with van der Waals surface area (Å²) in [6.45, 7) is 0.869. The van der Waals surface area contributed by atoms with Crippen molar-refractivity contribution in [1.29, 1.82) is 0 Å². The lowest BCUT2D eigenvalue weighted by Gasteiger charge is -2.09. The lowest BCUT2D eigenvalue weighted by molar-refractivity contribution is 0.121. The maximum Gasteiger partial charge on any atom is 0.0727 e. The zero-order valence-electron chi connectivity index (χ0n) is 4.67. The van der Waals surface area contributed by atoms with Crippen LogP contribution in [0.2, 0.25) is 0 Å². The average Bonchev–Trinajstić information content (AvgIpc) is 2.14. The van der Waals surface area contributed by atoms with Crippen molar-refractivity contribution < 1.29 is 10.2 Å². The van der Waals surface area contributed by atoms with Crippen molar-refractivity contribution >= 4 is 0 Å². The van der Waals surface area contributed by atoms with E-state index < -0.39 is 0 Å². The quantitative estimate of drug-likeness (QED) is 0.400. The molecule has 1 saturated heterocycles. The molecular formula is C5H11NO2. The van der Waals surface area contributed by atoms with E-state index >= 15 is 0 Å². The smallest absolute Gasteiger partial charge is 0.0727 e. The third kappa shape index (κ3) is 0.992. The monoisotopic (exact) mass is 117 g/mol. The van der Waals surface area contributed by atoms with Crippen LogP contribution < -0.4 is 5.32 Å². The van der Waals surface area contributed by atoms with E-state index in [4.69, 9.17) is 10.2 Å². The van der Waals surface area contributed by atoms with E-state index in [-0.39, 0.29) is 18.8 Å². The summed E-state index contributed by atoms with van der Waals surface area (Å²) in [4.78, 5) is 0. The first-order valence-corrected chi connectivity index (χ1v) is 2.87. The fourth-order valence-electron chi connectivity index (χ4n) is 0.940. The van der Waals surface area contributed by atoms with Crippen molar-refractivity contribution in [2.24, 2.45) is 0 Å². The molecule has 1 fully saturated rings. The molecule has 48 valence electrons. The Morgan fingerprint density at radius 2 is 2.38 bits per heavy atom. The van der Waals surface area contributed by atoms with E-state index in [1.54, 1.807) is 0 Å². The maximum atomic E-state index is 8.97. The van der Waals surface area contributed by atoms with Gasteiger partial charge in [0.05, 0.1) is 18.8 Å². The summed E-state index contributed by atoms with van der Waals surface area (Å²) in [7, 11) is 0. The van der Waals surface area contributed by atoms with E-state index in [0.717, 1.165) is 13.0 Å². The van der Waals surface area contributed by atoms with Crippen molar-refractivity contribution in [1.82, 2.24) is 5.32 Å². The number of nitrogens with one attached hydrogen (secondary N) is 1. The van der Waals surface area contributed by atoms with Crippen LogP contribution in [0.15, 0.2) is 0 Å². The minimum atomic E-state index is -0.333. The van der Waals surface area contributed by atoms with Crippen molar-refractivity contribution in [2.75, 3.05) is 13.2 Å². The predicted molar refractivity (Wildman–Crippen MR) is 29.5 cm³/mol. The Morgan fingerprint density at radius 1 is 1.62 bits per heavy atom. The molecule has 3 heteroatoms. The van der Waals surface area contributed by atoms with Gasteiger partial charge >= 0.3 is 0 Å². The Kier molecular flexibility index (Phi) is 1.83. The molecule has 0 aromatic heterocycles. The van der Waals surface area contributed by atoms with Gasteiger partial charge in [0, 0.05) is 0 Å². The van der Waals surface area contributed by atoms with Gasteiger partial charge in [-0.3, -0.25) is 0 Å². The van der Waals surface area contributed by atoms with Crippen LogP contribution in [0.25, 0.3) is 0 Å². The molecule has 0 spiro atoms. The molecular weight excluding hydrogens is 106 g/mol. The fraction of sp³-hybridized carbons (Fsp3) is 1.00. The lowest BCUT2D eigenvalue weighted by Crippen LogP contribution is -2.33. The van der Waals surface area contributed by atoms with Crippen LogP contribution in [0.3, 0.4) is 0 Å². The second kappa shape index (κ2) is 2.44. The summed E-state index contributed by atoms with van der Waals surface area (Å²) >= 11 is 0. The first kappa shape index (κ1) is 6.01. The summed E-state index contributed by atoms with van der Waals surface area (Å²) in [5.41, 5.74) is 0. The minimum Gasteiger partial charge on any atom is -0.395 e. The molecule has 1 aliphatic heterocycles. The van der Waals surface area contributed by atoms with Crippen LogP contribution in [0.1, 0.15) is 6.42 Å². The van der Waals surface area contributed by atoms with Gasteiger partial charge in [-0.1, -0.05) is 0 Å². The molecule has 0 radical (unpaired) electrons. The summed E-state index contributed by atoms with van der Waals surface area (Å²) in [5, 5.41) is 20.4. The molecule has 3 N–H and O–H groups in total. The van der Waals surface area contributed by atoms with Crippen molar-refractivity contribution in [3.63, 3.8) is 0 Å². The molecule has 0 aromatic carbocycles. The normalized spacial score (nSPS) is 38.2. The zero-order chi connectivity index (χ0) is 5.98. The number of hydrogen-bond acceptors (Lipinski definition) is 3. The van der Waals surface area contributed by atoms with Gasteiger partial charge in [-0.25, -0.2) is 0 Å². The van der Waals surface area contributed by atoms with E-state index in [0.29, 0.717) is 0 Å². The van der Waals surface area contributed by atoms with Crippen LogP contribution in [-0.2, 0) is 0 Å². The van der Waals surface area contributed by atoms with E-state index in [9.17, 15) is 0 Å². The summed E-state index contributed by atoms with van der Waals surface area (Å²) in [6, 6.07) is -0.0741. The molecule has 0 aliphatic carbocycles. The highest BCUT2D eigenvalue weighted by atomic mass is 16.3. The molecule has 1 heterocycles. The van der Waals surface area contributed by atoms with Crippen LogP contribution in [-0.4, -0.2) is 35.5 Å². The van der Waals surface area contributed by atoms with E-state index in [1.807, 2.05) is 0 Å². The Bertz CT molecular complexity index is 76.8. The second-order valence-electron chi connectivity index (χ2n) is 2.10. The van der Waals surface area contributed by atoms with Gasteiger partial charge in [0.1, 0.15) is 0 Å². The zero-order valence-corrected chi connectivity index (χ0v) is 4.67. The Labute approximate surface area is 48.3 Å². The third-order valence-corrected chi connectivity index (χ3v) is 1.51. The topological polar surface area (TPSA) is 52.5 Å². The average molecular weight is 117 g/mol. The van der Waals surface area contributed by atoms with Crippen LogP contribution in [0, 0.1) is 0 Å². The number of aliphatic hydroxyl groups is 2. The third-order valence-electron chi connectivity index (χ3n) is 1.51. The summed E-state index contributed by atoms with van der Waals surface area (Å²) < 4.78 is 0. The summed E-state index contributed by atoms with van der Waals surface area (Å²) in [5.74, 6) is 0. The van der Waals surface area contributed by atoms with Gasteiger partial charge in [-0.05, 0) is 13.0 Å². The predicted octanol–water partition coefficient (Wildman–Crippen LogP) is -1.30. The lowest BCUT2D eigenvalue weighted by atomic mass is 10.2. The van der Waals surface area contributed by atoms with Gasteiger partial charge in [-0.2, -0.15) is 0 Å². The molecule has 0 aromatic rings. The van der Waals surface area contributed by atoms with Crippen molar-refractivity contribution in [3.8, 4) is 0 Å². The number of hydrogen-bond donors (Lipinski definition) is 3. The van der Waals surface area contributed by atoms with Gasteiger partial charge in [-0.15, -0.1) is 0 Å². The molecule has 2 atom stereocenters. The molecule has 0 saturated carbocycles. The largest absolute Gasteiger partial charge is 0.395 e. The van der Waals surface area contributed by atoms with Crippen LogP contribution in [0.4, 0.5) is 0 Å². The molecule has 0 bridgehead atoms. The first-order valence-electron chi connectivity index (χ1n) is 2.87. The molecule has 1 rings (SSSR count). The highest BCUT2D eigenvalue weighted by molar-refractivity contribution is 4.81. The number of aliphatic hydroxyl groups excluding tert-OH is 2. The molecule has 1 aliphatic rings. The van der Waals surface area contributed by atoms with E-state index in [2.05, 4.69) is 5.32 Å². The van der Waals surface area contributed by atoms with Crippen molar-refractivity contribution in [3.05, 3.63) is 0 Å². The van der Waals surface area contributed by atoms with Gasteiger partial charge < -0.3 is 15.5 Å². The Morgan fingerprint density at radius 3 is 2.62 bits per heavy atom. The SMILES string of the molecule is OC[C@H]1NCCC1O. The Hall–Kier alpha value is -0.120. The molecule has 8 heavy (non-hydrogen) atoms. The van der Waals surface area contributed by atoms with Crippen LogP contribution in [0.5, 0.6) is 0 Å². The maximum absolute atomic E-state index is 8.97. The molecule has 1 unspecified atom stereocenters. The minimum absolute atomic E-state index is 0.0428. The Balaban J connectivity index is 2.30. The first-order chi connectivity index (χ1) is 3.84. The van der Waals surface area contributed by atoms with E-state index in [1.165, 1.54) is 0 Å². The van der Waals surface area contributed by atoms with Gasteiger partial charge in [0.2, 0.25) is 0 Å². The summed E-state index contributed by atoms with van der Waals surface area (Å²) in [6.07, 6.45) is 0.436. The van der Waals surface area contributed by atoms with Gasteiger partial charge in [0.25, 0.3) is 0 Å². The standard InChI is InChI=1S/C5H11NO2/c7-3-4-5(8)1-2-6-4/h4-8H,1-3H2/t4-,5?/m1/s1. The highest BCUT2D eigenvalue weighted by Crippen LogP contribution is 2.04. The van der Waals surface area contributed by atoms with Crippen LogP contribution >= 0.6 is 0 Å².